The number of alkyl carbamates (subject to hydrolysis) is 1. The molecule has 0 aliphatic carbocycles. The molecule has 0 bridgehead atoms. The molecule has 0 heterocycles. The Kier molecular flexibility index (Phi) is 6.33. The maximum atomic E-state index is 11.6. The maximum Gasteiger partial charge on any atom is 0.407 e. The lowest BCUT2D eigenvalue weighted by Crippen LogP contribution is -2.33. The molecule has 1 N–H and O–H groups in total. The summed E-state index contributed by atoms with van der Waals surface area (Å²) in [5.41, 5.74) is 0.525. The monoisotopic (exact) mass is 359 g/mol. The maximum absolute atomic E-state index is 11.6. The van der Waals surface area contributed by atoms with Crippen LogP contribution in [0.5, 0.6) is 11.5 Å². The van der Waals surface area contributed by atoms with Crippen LogP contribution in [-0.4, -0.2) is 32.5 Å². The van der Waals surface area contributed by atoms with Crippen molar-refractivity contribution >= 4 is 22.0 Å². The van der Waals surface area contributed by atoms with Crippen LogP contribution in [0.3, 0.4) is 0 Å². The van der Waals surface area contributed by atoms with E-state index in [1.807, 2.05) is 32.9 Å². The van der Waals surface area contributed by atoms with E-state index in [1.165, 1.54) is 0 Å². The molecule has 1 rings (SSSR count). The van der Waals surface area contributed by atoms with Gasteiger partial charge in [-0.15, -0.1) is 0 Å². The number of nitrogens with one attached hydrogen (secondary N) is 1. The molecule has 1 amide bonds. The van der Waals surface area contributed by atoms with Gasteiger partial charge in [-0.05, 0) is 44.9 Å². The Morgan fingerprint density at radius 3 is 2.29 bits per heavy atom. The van der Waals surface area contributed by atoms with E-state index in [0.717, 1.165) is 10.0 Å². The van der Waals surface area contributed by atoms with Crippen LogP contribution in [0.1, 0.15) is 26.3 Å². The van der Waals surface area contributed by atoms with Crippen LogP contribution in [0.2, 0.25) is 0 Å². The first-order chi connectivity index (χ1) is 9.76. The Bertz CT molecular complexity index is 497. The Morgan fingerprint density at radius 2 is 1.76 bits per heavy atom. The zero-order chi connectivity index (χ0) is 16.0. The minimum absolute atomic E-state index is 0.418. The van der Waals surface area contributed by atoms with Crippen molar-refractivity contribution < 1.29 is 19.0 Å². The van der Waals surface area contributed by atoms with Gasteiger partial charge in [0.2, 0.25) is 0 Å². The number of benzene rings is 1. The highest BCUT2D eigenvalue weighted by atomic mass is 79.9. The number of carbonyl (C=O) groups is 1. The van der Waals surface area contributed by atoms with Crippen molar-refractivity contribution in [3.63, 3.8) is 0 Å². The van der Waals surface area contributed by atoms with Gasteiger partial charge in [0.1, 0.15) is 5.60 Å². The second-order valence-corrected chi connectivity index (χ2v) is 6.33. The van der Waals surface area contributed by atoms with Crippen molar-refractivity contribution in [2.75, 3.05) is 20.8 Å². The number of methoxy groups -OCH3 is 2. The standard InChI is InChI=1S/C15H22BrNO4/c1-15(2,3)21-14(18)17-7-6-10-8-12(19-4)13(20-5)9-11(10)16/h8-9H,6-7H2,1-5H3,(H,17,18). The largest absolute Gasteiger partial charge is 0.493 e. The average molecular weight is 360 g/mol. The molecule has 6 heteroatoms. The highest BCUT2D eigenvalue weighted by Gasteiger charge is 2.16. The average Bonchev–Trinajstić information content (AvgIpc) is 2.38. The van der Waals surface area contributed by atoms with E-state index in [2.05, 4.69) is 21.2 Å². The molecule has 0 aliphatic heterocycles. The van der Waals surface area contributed by atoms with Gasteiger partial charge >= 0.3 is 6.09 Å². The Labute approximate surface area is 134 Å². The SMILES string of the molecule is COc1cc(Br)c(CCNC(=O)OC(C)(C)C)cc1OC. The summed E-state index contributed by atoms with van der Waals surface area (Å²) < 4.78 is 16.6. The zero-order valence-corrected chi connectivity index (χ0v) is 14.7. The number of amides is 1. The van der Waals surface area contributed by atoms with E-state index in [9.17, 15) is 4.79 Å². The molecule has 5 nitrogen and oxygen atoms in total. The summed E-state index contributed by atoms with van der Waals surface area (Å²) in [6.07, 6.45) is 0.235. The van der Waals surface area contributed by atoms with Crippen LogP contribution in [-0.2, 0) is 11.2 Å². The zero-order valence-electron chi connectivity index (χ0n) is 13.1. The van der Waals surface area contributed by atoms with Crippen LogP contribution in [0.15, 0.2) is 16.6 Å². The van der Waals surface area contributed by atoms with Gasteiger partial charge in [-0.2, -0.15) is 0 Å². The highest BCUT2D eigenvalue weighted by Crippen LogP contribution is 2.33. The van der Waals surface area contributed by atoms with Gasteiger partial charge in [0.25, 0.3) is 0 Å². The van der Waals surface area contributed by atoms with E-state index in [4.69, 9.17) is 14.2 Å². The molecule has 1 aromatic rings. The Morgan fingerprint density at radius 1 is 1.19 bits per heavy atom. The van der Waals surface area contributed by atoms with Crippen LogP contribution < -0.4 is 14.8 Å². The number of carbonyl (C=O) groups excluding carboxylic acids is 1. The van der Waals surface area contributed by atoms with Crippen molar-refractivity contribution in [3.05, 3.63) is 22.2 Å². The van der Waals surface area contributed by atoms with Gasteiger partial charge in [-0.25, -0.2) is 4.79 Å². The second-order valence-electron chi connectivity index (χ2n) is 5.48. The topological polar surface area (TPSA) is 56.8 Å². The fourth-order valence-electron chi connectivity index (χ4n) is 1.70. The number of halogens is 1. The molecule has 21 heavy (non-hydrogen) atoms. The summed E-state index contributed by atoms with van der Waals surface area (Å²) >= 11 is 3.49. The van der Waals surface area contributed by atoms with Crippen LogP contribution in [0.25, 0.3) is 0 Å². The minimum Gasteiger partial charge on any atom is -0.493 e. The molecule has 118 valence electrons. The lowest BCUT2D eigenvalue weighted by Gasteiger charge is -2.19. The fourth-order valence-corrected chi connectivity index (χ4v) is 2.22. The van der Waals surface area contributed by atoms with E-state index in [1.54, 1.807) is 14.2 Å². The fraction of sp³-hybridized carbons (Fsp3) is 0.533. The van der Waals surface area contributed by atoms with Gasteiger partial charge in [0.15, 0.2) is 11.5 Å². The molecule has 0 saturated heterocycles. The van der Waals surface area contributed by atoms with E-state index in [-0.39, 0.29) is 0 Å². The molecule has 0 aromatic heterocycles. The van der Waals surface area contributed by atoms with Crippen molar-refractivity contribution in [2.24, 2.45) is 0 Å². The number of ether oxygens (including phenoxy) is 3. The predicted molar refractivity (Wildman–Crippen MR) is 85.2 cm³/mol. The van der Waals surface area contributed by atoms with Gasteiger partial charge in [-0.3, -0.25) is 0 Å². The van der Waals surface area contributed by atoms with Crippen molar-refractivity contribution in [3.8, 4) is 11.5 Å². The van der Waals surface area contributed by atoms with Crippen molar-refractivity contribution in [1.82, 2.24) is 5.32 Å². The van der Waals surface area contributed by atoms with E-state index >= 15 is 0 Å². The first-order valence-corrected chi connectivity index (χ1v) is 7.43. The smallest absolute Gasteiger partial charge is 0.407 e. The molecular weight excluding hydrogens is 338 g/mol. The third kappa shape index (κ3) is 5.83. The summed E-state index contributed by atoms with van der Waals surface area (Å²) in [4.78, 5) is 11.6. The third-order valence-corrected chi connectivity index (χ3v) is 3.35. The lowest BCUT2D eigenvalue weighted by atomic mass is 10.1. The summed E-state index contributed by atoms with van der Waals surface area (Å²) in [5.74, 6) is 1.32. The Hall–Kier alpha value is -1.43. The molecule has 0 atom stereocenters. The van der Waals surface area contributed by atoms with E-state index < -0.39 is 11.7 Å². The molecule has 0 spiro atoms. The molecular formula is C15H22BrNO4. The summed E-state index contributed by atoms with van der Waals surface area (Å²) in [6.45, 7) is 5.97. The minimum atomic E-state index is -0.492. The molecule has 0 fully saturated rings. The third-order valence-electron chi connectivity index (χ3n) is 2.62. The number of hydrogen-bond donors (Lipinski definition) is 1. The summed E-state index contributed by atoms with van der Waals surface area (Å²) in [5, 5.41) is 2.73. The van der Waals surface area contributed by atoms with Gasteiger partial charge < -0.3 is 19.5 Å². The number of rotatable bonds is 5. The van der Waals surface area contributed by atoms with E-state index in [0.29, 0.717) is 24.5 Å². The summed E-state index contributed by atoms with van der Waals surface area (Å²) in [6, 6.07) is 3.74. The van der Waals surface area contributed by atoms with Crippen LogP contribution in [0, 0.1) is 0 Å². The van der Waals surface area contributed by atoms with Crippen molar-refractivity contribution in [1.29, 1.82) is 0 Å². The van der Waals surface area contributed by atoms with Gasteiger partial charge in [-0.1, -0.05) is 15.9 Å². The Balaban J connectivity index is 2.62. The van der Waals surface area contributed by atoms with Crippen molar-refractivity contribution in [2.45, 2.75) is 32.8 Å². The first-order valence-electron chi connectivity index (χ1n) is 6.64. The lowest BCUT2D eigenvalue weighted by molar-refractivity contribution is 0.0528. The quantitative estimate of drug-likeness (QED) is 0.873. The molecule has 0 radical (unpaired) electrons. The molecule has 0 unspecified atom stereocenters. The predicted octanol–water partition coefficient (Wildman–Crippen LogP) is 3.53. The number of hydrogen-bond acceptors (Lipinski definition) is 4. The summed E-state index contributed by atoms with van der Waals surface area (Å²) in [7, 11) is 3.18. The van der Waals surface area contributed by atoms with Crippen LogP contribution >= 0.6 is 15.9 Å². The molecule has 1 aromatic carbocycles. The second kappa shape index (κ2) is 7.54. The van der Waals surface area contributed by atoms with Gasteiger partial charge in [0.05, 0.1) is 14.2 Å². The normalized spacial score (nSPS) is 11.0. The van der Waals surface area contributed by atoms with Crippen LogP contribution in [0.4, 0.5) is 4.79 Å². The van der Waals surface area contributed by atoms with Gasteiger partial charge in [0, 0.05) is 11.0 Å². The highest BCUT2D eigenvalue weighted by molar-refractivity contribution is 9.10. The molecule has 0 aliphatic rings. The molecule has 0 saturated carbocycles. The first kappa shape index (κ1) is 17.6.